The lowest BCUT2D eigenvalue weighted by Gasteiger charge is -2.08. The molecule has 0 saturated carbocycles. The summed E-state index contributed by atoms with van der Waals surface area (Å²) in [5, 5.41) is 0. The van der Waals surface area contributed by atoms with Gasteiger partial charge in [-0.15, -0.1) is 0 Å². The van der Waals surface area contributed by atoms with Crippen LogP contribution in [-0.4, -0.2) is 18.8 Å². The first-order chi connectivity index (χ1) is 8.42. The number of alkyl halides is 3. The molecule has 0 heterocycles. The minimum atomic E-state index is -4.49. The largest absolute Gasteiger partial charge is 0.452 e. The maximum atomic E-state index is 11.9. The van der Waals surface area contributed by atoms with E-state index in [4.69, 9.17) is 0 Å². The number of benzene rings is 1. The molecule has 0 aromatic heterocycles. The van der Waals surface area contributed by atoms with Crippen LogP contribution in [0.15, 0.2) is 24.3 Å². The highest BCUT2D eigenvalue weighted by Crippen LogP contribution is 2.16. The Balaban J connectivity index is 2.54. The maximum absolute atomic E-state index is 11.9. The molecule has 2 nitrogen and oxygen atoms in total. The summed E-state index contributed by atoms with van der Waals surface area (Å²) in [6, 6.07) is 6.45. The lowest BCUT2D eigenvalue weighted by atomic mass is 10.1. The van der Waals surface area contributed by atoms with Crippen LogP contribution < -0.4 is 0 Å². The van der Waals surface area contributed by atoms with Gasteiger partial charge in [-0.1, -0.05) is 25.5 Å². The molecule has 0 radical (unpaired) electrons. The summed E-state index contributed by atoms with van der Waals surface area (Å²) < 4.78 is 39.7. The molecular formula is C13H15F3O2. The van der Waals surface area contributed by atoms with Crippen LogP contribution in [0.1, 0.15) is 35.7 Å². The molecule has 0 aliphatic heterocycles. The normalized spacial score (nSPS) is 11.3. The molecule has 5 heteroatoms. The third-order valence-electron chi connectivity index (χ3n) is 2.38. The van der Waals surface area contributed by atoms with Crippen molar-refractivity contribution in [3.8, 4) is 0 Å². The highest BCUT2D eigenvalue weighted by molar-refractivity contribution is 5.89. The summed E-state index contributed by atoms with van der Waals surface area (Å²) in [7, 11) is 0. The first-order valence-electron chi connectivity index (χ1n) is 5.75. The molecule has 1 aromatic carbocycles. The summed E-state index contributed by atoms with van der Waals surface area (Å²) in [4.78, 5) is 11.3. The lowest BCUT2D eigenvalue weighted by molar-refractivity contribution is -0.161. The lowest BCUT2D eigenvalue weighted by Crippen LogP contribution is -2.20. The Morgan fingerprint density at radius 3 is 2.33 bits per heavy atom. The topological polar surface area (TPSA) is 26.3 Å². The van der Waals surface area contributed by atoms with E-state index in [1.807, 2.05) is 0 Å². The first-order valence-corrected chi connectivity index (χ1v) is 5.75. The SMILES string of the molecule is CCCCc1ccc(C(=O)OCC(F)(F)F)cc1. The Morgan fingerprint density at radius 1 is 1.22 bits per heavy atom. The van der Waals surface area contributed by atoms with Gasteiger partial charge in [0.05, 0.1) is 5.56 Å². The zero-order valence-corrected chi connectivity index (χ0v) is 10.1. The Labute approximate surface area is 104 Å². The predicted octanol–water partition coefficient (Wildman–Crippen LogP) is 3.75. The number of esters is 1. The Kier molecular flexibility index (Phi) is 5.19. The number of carbonyl (C=O) groups excluding carboxylic acids is 1. The van der Waals surface area contributed by atoms with Gasteiger partial charge < -0.3 is 4.74 Å². The molecule has 18 heavy (non-hydrogen) atoms. The average molecular weight is 260 g/mol. The monoisotopic (exact) mass is 260 g/mol. The van der Waals surface area contributed by atoms with Gasteiger partial charge in [0.15, 0.2) is 6.61 Å². The standard InChI is InChI=1S/C13H15F3O2/c1-2-3-4-10-5-7-11(8-6-10)12(17)18-9-13(14,15)16/h5-8H,2-4,9H2,1H3. The van der Waals surface area contributed by atoms with Gasteiger partial charge in [0.2, 0.25) is 0 Å². The van der Waals surface area contributed by atoms with Crippen molar-refractivity contribution >= 4 is 5.97 Å². The smallest absolute Gasteiger partial charge is 0.422 e. The van der Waals surface area contributed by atoms with Crippen LogP contribution >= 0.6 is 0 Å². The molecule has 0 N–H and O–H groups in total. The third-order valence-corrected chi connectivity index (χ3v) is 2.38. The summed E-state index contributed by atoms with van der Waals surface area (Å²) >= 11 is 0. The van der Waals surface area contributed by atoms with Crippen LogP contribution in [0.4, 0.5) is 13.2 Å². The molecule has 100 valence electrons. The fourth-order valence-corrected chi connectivity index (χ4v) is 1.42. The van der Waals surface area contributed by atoms with Crippen molar-refractivity contribution in [2.24, 2.45) is 0 Å². The highest BCUT2D eigenvalue weighted by Gasteiger charge is 2.29. The molecule has 0 bridgehead atoms. The number of hydrogen-bond donors (Lipinski definition) is 0. The van der Waals surface area contributed by atoms with Gasteiger partial charge in [-0.3, -0.25) is 0 Å². The zero-order valence-electron chi connectivity index (χ0n) is 10.1. The van der Waals surface area contributed by atoms with E-state index in [1.165, 1.54) is 12.1 Å². The van der Waals surface area contributed by atoms with Crippen LogP contribution in [0, 0.1) is 0 Å². The molecule has 1 aromatic rings. The van der Waals surface area contributed by atoms with Crippen LogP contribution in [0.5, 0.6) is 0 Å². The van der Waals surface area contributed by atoms with Crippen molar-refractivity contribution in [2.75, 3.05) is 6.61 Å². The van der Waals surface area contributed by atoms with Gasteiger partial charge in [0.25, 0.3) is 0 Å². The predicted molar refractivity (Wildman–Crippen MR) is 61.4 cm³/mol. The Morgan fingerprint density at radius 2 is 1.83 bits per heavy atom. The molecule has 0 unspecified atom stereocenters. The second-order valence-electron chi connectivity index (χ2n) is 3.99. The van der Waals surface area contributed by atoms with Gasteiger partial charge in [-0.05, 0) is 30.5 Å². The van der Waals surface area contributed by atoms with E-state index in [0.717, 1.165) is 24.8 Å². The minimum absolute atomic E-state index is 0.138. The summed E-state index contributed by atoms with van der Waals surface area (Å²) in [6.07, 6.45) is -1.49. The van der Waals surface area contributed by atoms with Crippen LogP contribution in [0.25, 0.3) is 0 Å². The number of halogens is 3. The van der Waals surface area contributed by atoms with Crippen LogP contribution in [0.3, 0.4) is 0 Å². The molecule has 0 saturated heterocycles. The quantitative estimate of drug-likeness (QED) is 0.754. The van der Waals surface area contributed by atoms with E-state index in [0.29, 0.717) is 0 Å². The molecular weight excluding hydrogens is 245 g/mol. The van der Waals surface area contributed by atoms with Crippen molar-refractivity contribution in [1.29, 1.82) is 0 Å². The van der Waals surface area contributed by atoms with Crippen molar-refractivity contribution < 1.29 is 22.7 Å². The Hall–Kier alpha value is -1.52. The molecule has 0 aliphatic rings. The fraction of sp³-hybridized carbons (Fsp3) is 0.462. The van der Waals surface area contributed by atoms with E-state index < -0.39 is 18.8 Å². The van der Waals surface area contributed by atoms with Crippen LogP contribution in [0.2, 0.25) is 0 Å². The van der Waals surface area contributed by atoms with Crippen LogP contribution in [-0.2, 0) is 11.2 Å². The van der Waals surface area contributed by atoms with E-state index in [1.54, 1.807) is 12.1 Å². The van der Waals surface area contributed by atoms with E-state index >= 15 is 0 Å². The van der Waals surface area contributed by atoms with Gasteiger partial charge in [-0.2, -0.15) is 13.2 Å². The van der Waals surface area contributed by atoms with Crippen molar-refractivity contribution in [3.05, 3.63) is 35.4 Å². The fourth-order valence-electron chi connectivity index (χ4n) is 1.42. The third kappa shape index (κ3) is 5.21. The van der Waals surface area contributed by atoms with Gasteiger partial charge in [-0.25, -0.2) is 4.79 Å². The maximum Gasteiger partial charge on any atom is 0.422 e. The van der Waals surface area contributed by atoms with Gasteiger partial charge in [0, 0.05) is 0 Å². The second kappa shape index (κ2) is 6.42. The summed E-state index contributed by atoms with van der Waals surface area (Å²) in [5.74, 6) is -0.950. The average Bonchev–Trinajstić information content (AvgIpc) is 2.33. The number of hydrogen-bond acceptors (Lipinski definition) is 2. The van der Waals surface area contributed by atoms with Gasteiger partial charge >= 0.3 is 12.1 Å². The molecule has 0 aliphatic carbocycles. The molecule has 1 rings (SSSR count). The number of rotatable bonds is 5. The number of unbranched alkanes of at least 4 members (excludes halogenated alkanes) is 1. The molecule has 0 atom stereocenters. The Bertz CT molecular complexity index is 382. The van der Waals surface area contributed by atoms with Crippen molar-refractivity contribution in [2.45, 2.75) is 32.4 Å². The summed E-state index contributed by atoms with van der Waals surface area (Å²) in [6.45, 7) is 0.520. The van der Waals surface area contributed by atoms with Crippen molar-refractivity contribution in [3.63, 3.8) is 0 Å². The number of carbonyl (C=O) groups is 1. The second-order valence-corrected chi connectivity index (χ2v) is 3.99. The molecule has 0 amide bonds. The van der Waals surface area contributed by atoms with Crippen molar-refractivity contribution in [1.82, 2.24) is 0 Å². The molecule has 0 fully saturated rings. The zero-order chi connectivity index (χ0) is 13.6. The van der Waals surface area contributed by atoms with Gasteiger partial charge in [0.1, 0.15) is 0 Å². The number of aryl methyl sites for hydroxylation is 1. The highest BCUT2D eigenvalue weighted by atomic mass is 19.4. The first kappa shape index (κ1) is 14.5. The molecule has 0 spiro atoms. The van der Waals surface area contributed by atoms with E-state index in [2.05, 4.69) is 11.7 Å². The minimum Gasteiger partial charge on any atom is -0.452 e. The number of ether oxygens (including phenoxy) is 1. The van der Waals surface area contributed by atoms with E-state index in [-0.39, 0.29) is 5.56 Å². The van der Waals surface area contributed by atoms with E-state index in [9.17, 15) is 18.0 Å². The summed E-state index contributed by atoms with van der Waals surface area (Å²) in [5.41, 5.74) is 1.20.